The van der Waals surface area contributed by atoms with Gasteiger partial charge in [-0.25, -0.2) is 5.01 Å². The van der Waals surface area contributed by atoms with E-state index in [2.05, 4.69) is 24.5 Å². The van der Waals surface area contributed by atoms with Gasteiger partial charge in [-0.3, -0.25) is 5.84 Å². The fourth-order valence-electron chi connectivity index (χ4n) is 8.13. The minimum atomic E-state index is -0.653. The molecule has 0 aliphatic heterocycles. The molecule has 0 bridgehead atoms. The van der Waals surface area contributed by atoms with E-state index in [9.17, 15) is 15.3 Å². The maximum atomic E-state index is 10.5. The summed E-state index contributed by atoms with van der Waals surface area (Å²) in [5.41, 5.74) is -0.202. The molecule has 12 nitrogen and oxygen atoms in total. The lowest BCUT2D eigenvalue weighted by Gasteiger charge is -2.32. The first-order valence-corrected chi connectivity index (χ1v) is 23.6. The summed E-state index contributed by atoms with van der Waals surface area (Å²) in [6.07, 6.45) is 26.0. The molecule has 4 aliphatic carbocycles. The molecule has 4 unspecified atom stereocenters. The first-order chi connectivity index (χ1) is 27.6. The van der Waals surface area contributed by atoms with Crippen LogP contribution in [0.2, 0.25) is 0 Å². The molecule has 0 radical (unpaired) electrons. The second kappa shape index (κ2) is 34.1. The first-order valence-electron chi connectivity index (χ1n) is 23.6. The molecular formula is C45H92N4O8. The summed E-state index contributed by atoms with van der Waals surface area (Å²) in [7, 11) is 0. The van der Waals surface area contributed by atoms with E-state index in [1.54, 1.807) is 5.01 Å². The maximum Gasteiger partial charge on any atom is 0.104 e. The van der Waals surface area contributed by atoms with Crippen molar-refractivity contribution in [2.45, 2.75) is 205 Å². The number of hydrazine groups is 1. The van der Waals surface area contributed by atoms with Crippen LogP contribution in [-0.4, -0.2) is 142 Å². The van der Waals surface area contributed by atoms with Crippen molar-refractivity contribution in [3.63, 3.8) is 0 Å². The van der Waals surface area contributed by atoms with E-state index in [-0.39, 0.29) is 24.2 Å². The number of nitrogens with zero attached hydrogens (tertiary/aromatic N) is 1. The monoisotopic (exact) mass is 817 g/mol. The van der Waals surface area contributed by atoms with Crippen LogP contribution in [0.5, 0.6) is 0 Å². The molecule has 7 N–H and O–H groups in total. The van der Waals surface area contributed by atoms with Crippen LogP contribution in [0.4, 0.5) is 0 Å². The Morgan fingerprint density at radius 2 is 0.930 bits per heavy atom. The Bertz CT molecular complexity index is 874. The largest absolute Gasteiger partial charge is 0.389 e. The lowest BCUT2D eigenvalue weighted by Crippen LogP contribution is -2.47. The number of hydrogen-bond acceptors (Lipinski definition) is 12. The van der Waals surface area contributed by atoms with E-state index in [0.717, 1.165) is 12.8 Å². The van der Waals surface area contributed by atoms with Gasteiger partial charge in [-0.15, -0.1) is 0 Å². The van der Waals surface area contributed by atoms with Crippen LogP contribution in [0.3, 0.4) is 0 Å². The van der Waals surface area contributed by atoms with Gasteiger partial charge in [0.1, 0.15) is 6.10 Å². The Kier molecular flexibility index (Phi) is 31.5. The lowest BCUT2D eigenvalue weighted by atomic mass is 9.95. The molecule has 340 valence electrons. The SMILES string of the molecule is C1CCCCC1.CCOCC(COCC(C)(C)COCC(O)CNC1CCCCC1)OCC(O)CN(N)C1CCCCC1.CCOCC(O)CNC1CCCCC1. The standard InChI is InChI=1S/C28H57N3O6.C11H23NO2.C6H12/c1-4-34-19-27(37-18-26(33)16-31(29)24-13-9-6-10-14-24)20-36-22-28(2,3)21-35-17-25(32)15-30-23-11-7-5-8-12-23;1-2-14-9-11(13)8-12-10-6-4-3-5-7-10;1-2-4-6-5-3-1/h23-27,30,32-33H,4-22,29H2,1-3H3;10-13H,2-9H2,1H3;1-6H2. The molecular weight excluding hydrogens is 725 g/mol. The second-order valence-corrected chi connectivity index (χ2v) is 18.0. The maximum absolute atomic E-state index is 10.5. The normalized spacial score (nSPS) is 21.2. The van der Waals surface area contributed by atoms with Gasteiger partial charge in [0.05, 0.1) is 64.6 Å². The number of nitrogens with one attached hydrogen (secondary N) is 2. The van der Waals surface area contributed by atoms with Gasteiger partial charge in [0.25, 0.3) is 0 Å². The fourth-order valence-corrected chi connectivity index (χ4v) is 8.13. The molecule has 0 aromatic heterocycles. The van der Waals surface area contributed by atoms with Crippen LogP contribution in [-0.2, 0) is 23.7 Å². The summed E-state index contributed by atoms with van der Waals surface area (Å²) in [5.74, 6) is 6.21. The van der Waals surface area contributed by atoms with E-state index < -0.39 is 12.2 Å². The Morgan fingerprint density at radius 3 is 1.40 bits per heavy atom. The van der Waals surface area contributed by atoms with Gasteiger partial charge in [0.2, 0.25) is 0 Å². The lowest BCUT2D eigenvalue weighted by molar-refractivity contribution is -0.0988. The van der Waals surface area contributed by atoms with E-state index in [1.807, 2.05) is 13.8 Å². The van der Waals surface area contributed by atoms with E-state index in [0.29, 0.717) is 90.6 Å². The zero-order chi connectivity index (χ0) is 41.4. The molecule has 0 saturated heterocycles. The minimum absolute atomic E-state index is 0.195. The van der Waals surface area contributed by atoms with Crippen LogP contribution in [0.1, 0.15) is 163 Å². The van der Waals surface area contributed by atoms with Gasteiger partial charge in [-0.05, 0) is 52.4 Å². The van der Waals surface area contributed by atoms with Gasteiger partial charge < -0.3 is 49.6 Å². The zero-order valence-electron chi connectivity index (χ0n) is 37.3. The fraction of sp³-hybridized carbons (Fsp3) is 1.00. The first kappa shape index (κ1) is 52.7. The summed E-state index contributed by atoms with van der Waals surface area (Å²) < 4.78 is 28.4. The molecule has 0 aromatic carbocycles. The zero-order valence-corrected chi connectivity index (χ0v) is 37.3. The van der Waals surface area contributed by atoms with Gasteiger partial charge in [-0.2, -0.15) is 0 Å². The molecule has 4 rings (SSSR count). The van der Waals surface area contributed by atoms with Crippen LogP contribution in [0.25, 0.3) is 0 Å². The Labute approximate surface area is 349 Å². The average Bonchev–Trinajstić information content (AvgIpc) is 3.24. The summed E-state index contributed by atoms with van der Waals surface area (Å²) in [4.78, 5) is 0. The highest BCUT2D eigenvalue weighted by atomic mass is 16.6. The molecule has 57 heavy (non-hydrogen) atoms. The third kappa shape index (κ3) is 28.6. The van der Waals surface area contributed by atoms with Crippen LogP contribution < -0.4 is 16.5 Å². The highest BCUT2D eigenvalue weighted by molar-refractivity contribution is 4.76. The second-order valence-electron chi connectivity index (χ2n) is 18.0. The average molecular weight is 817 g/mol. The predicted octanol–water partition coefficient (Wildman–Crippen LogP) is 6.27. The molecule has 0 amide bonds. The number of hydrogen-bond donors (Lipinski definition) is 6. The van der Waals surface area contributed by atoms with Crippen molar-refractivity contribution >= 4 is 0 Å². The molecule has 0 heterocycles. The summed E-state index contributed by atoms with van der Waals surface area (Å²) in [6.45, 7) is 13.7. The number of nitrogens with two attached hydrogens (primary N) is 1. The molecule has 12 heteroatoms. The topological polar surface area (TPSA) is 160 Å². The Balaban J connectivity index is 0.000000453. The number of aliphatic hydroxyl groups excluding tert-OH is 3. The van der Waals surface area contributed by atoms with Gasteiger partial charge in [0, 0.05) is 56.4 Å². The molecule has 4 saturated carbocycles. The predicted molar refractivity (Wildman–Crippen MR) is 231 cm³/mol. The van der Waals surface area contributed by atoms with Crippen molar-refractivity contribution in [3.05, 3.63) is 0 Å². The van der Waals surface area contributed by atoms with E-state index in [4.69, 9.17) is 29.5 Å². The quantitative estimate of drug-likeness (QED) is 0.0430. The number of ether oxygens (including phenoxy) is 5. The van der Waals surface area contributed by atoms with Crippen molar-refractivity contribution in [1.29, 1.82) is 0 Å². The summed E-state index contributed by atoms with van der Waals surface area (Å²) in [6, 6.07) is 1.51. The van der Waals surface area contributed by atoms with Crippen LogP contribution >= 0.6 is 0 Å². The molecule has 4 fully saturated rings. The van der Waals surface area contributed by atoms with Crippen molar-refractivity contribution in [2.75, 3.05) is 79.1 Å². The third-order valence-electron chi connectivity index (χ3n) is 11.6. The highest BCUT2D eigenvalue weighted by Gasteiger charge is 2.24. The van der Waals surface area contributed by atoms with Gasteiger partial charge in [0.15, 0.2) is 0 Å². The van der Waals surface area contributed by atoms with Crippen molar-refractivity contribution in [2.24, 2.45) is 11.3 Å². The smallest absolute Gasteiger partial charge is 0.104 e. The number of aliphatic hydroxyl groups is 3. The summed E-state index contributed by atoms with van der Waals surface area (Å²) >= 11 is 0. The molecule has 4 aliphatic rings. The van der Waals surface area contributed by atoms with E-state index in [1.165, 1.54) is 122 Å². The third-order valence-corrected chi connectivity index (χ3v) is 11.6. The van der Waals surface area contributed by atoms with Crippen molar-refractivity contribution in [3.8, 4) is 0 Å². The number of rotatable bonds is 26. The van der Waals surface area contributed by atoms with Gasteiger partial charge >= 0.3 is 0 Å². The van der Waals surface area contributed by atoms with Crippen LogP contribution in [0.15, 0.2) is 0 Å². The highest BCUT2D eigenvalue weighted by Crippen LogP contribution is 2.22. The minimum Gasteiger partial charge on any atom is -0.389 e. The Hall–Kier alpha value is -0.480. The van der Waals surface area contributed by atoms with Crippen molar-refractivity contribution in [1.82, 2.24) is 15.6 Å². The molecule has 0 spiro atoms. The van der Waals surface area contributed by atoms with Crippen molar-refractivity contribution < 1.29 is 39.0 Å². The molecule has 0 aromatic rings. The summed E-state index contributed by atoms with van der Waals surface area (Å²) in [5, 5.41) is 38.9. The van der Waals surface area contributed by atoms with Crippen LogP contribution in [0, 0.1) is 5.41 Å². The van der Waals surface area contributed by atoms with Gasteiger partial charge in [-0.1, -0.05) is 110 Å². The molecule has 4 atom stereocenters. The Morgan fingerprint density at radius 1 is 0.544 bits per heavy atom. The van der Waals surface area contributed by atoms with E-state index >= 15 is 0 Å².